The molecule has 1 aromatic rings. The van der Waals surface area contributed by atoms with Gasteiger partial charge in [0.1, 0.15) is 5.75 Å². The Hall–Kier alpha value is -1.02. The fourth-order valence-corrected chi connectivity index (χ4v) is 2.50. The maximum absolute atomic E-state index is 6.03. The lowest BCUT2D eigenvalue weighted by Gasteiger charge is -2.19. The minimum atomic E-state index is 0.342. The Balaban J connectivity index is 2.72. The molecule has 114 valence electrons. The molecule has 0 bridgehead atoms. The zero-order chi connectivity index (χ0) is 15.0. The molecule has 0 amide bonds. The molecule has 2 nitrogen and oxygen atoms in total. The average Bonchev–Trinajstić information content (AvgIpc) is 2.49. The summed E-state index contributed by atoms with van der Waals surface area (Å²) in [5, 5.41) is 0. The molecule has 0 saturated carbocycles. The molecule has 2 unspecified atom stereocenters. The highest BCUT2D eigenvalue weighted by atomic mass is 16.5. The van der Waals surface area contributed by atoms with E-state index >= 15 is 0 Å². The van der Waals surface area contributed by atoms with E-state index in [2.05, 4.69) is 45.9 Å². The Morgan fingerprint density at radius 3 is 2.50 bits per heavy atom. The summed E-state index contributed by atoms with van der Waals surface area (Å²) < 4.78 is 5.73. The van der Waals surface area contributed by atoms with Crippen molar-refractivity contribution in [3.8, 4) is 5.75 Å². The van der Waals surface area contributed by atoms with E-state index in [0.29, 0.717) is 12.0 Å². The van der Waals surface area contributed by atoms with Crippen molar-refractivity contribution >= 4 is 0 Å². The van der Waals surface area contributed by atoms with Crippen LogP contribution in [0.4, 0.5) is 0 Å². The van der Waals surface area contributed by atoms with Crippen LogP contribution in [0.25, 0.3) is 0 Å². The van der Waals surface area contributed by atoms with Crippen molar-refractivity contribution in [2.45, 2.75) is 71.8 Å². The highest BCUT2D eigenvalue weighted by molar-refractivity contribution is 5.37. The average molecular weight is 277 g/mol. The Bertz CT molecular complexity index is 389. The molecule has 1 rings (SSSR count). The van der Waals surface area contributed by atoms with Crippen molar-refractivity contribution in [2.75, 3.05) is 6.61 Å². The lowest BCUT2D eigenvalue weighted by Crippen LogP contribution is -2.19. The first-order chi connectivity index (χ1) is 9.62. The molecule has 0 aliphatic carbocycles. The van der Waals surface area contributed by atoms with E-state index in [1.54, 1.807) is 0 Å². The monoisotopic (exact) mass is 277 g/mol. The summed E-state index contributed by atoms with van der Waals surface area (Å²) in [5.41, 5.74) is 8.90. The molecule has 20 heavy (non-hydrogen) atoms. The Morgan fingerprint density at radius 1 is 1.15 bits per heavy atom. The maximum Gasteiger partial charge on any atom is 0.119 e. The number of benzene rings is 1. The number of rotatable bonds is 9. The summed E-state index contributed by atoms with van der Waals surface area (Å²) in [6, 6.07) is 6.91. The quantitative estimate of drug-likeness (QED) is 0.712. The first-order valence-electron chi connectivity index (χ1n) is 8.13. The first kappa shape index (κ1) is 17.0. The summed E-state index contributed by atoms with van der Waals surface area (Å²) in [5.74, 6) is 1.58. The number of hydrogen-bond donors (Lipinski definition) is 1. The van der Waals surface area contributed by atoms with Gasteiger partial charge in [-0.15, -0.1) is 0 Å². The first-order valence-corrected chi connectivity index (χ1v) is 8.13. The molecular formula is C18H31NO. The predicted molar refractivity (Wildman–Crippen MR) is 87.5 cm³/mol. The van der Waals surface area contributed by atoms with E-state index in [0.717, 1.165) is 44.5 Å². The van der Waals surface area contributed by atoms with E-state index in [1.807, 2.05) is 0 Å². The summed E-state index contributed by atoms with van der Waals surface area (Å²) >= 11 is 0. The van der Waals surface area contributed by atoms with Crippen LogP contribution >= 0.6 is 0 Å². The van der Waals surface area contributed by atoms with Gasteiger partial charge in [0.2, 0.25) is 0 Å². The van der Waals surface area contributed by atoms with Crippen molar-refractivity contribution < 1.29 is 4.74 Å². The van der Waals surface area contributed by atoms with Crippen LogP contribution in [0.3, 0.4) is 0 Å². The molecule has 0 fully saturated rings. The van der Waals surface area contributed by atoms with Crippen LogP contribution in [-0.2, 0) is 6.42 Å². The van der Waals surface area contributed by atoms with E-state index < -0.39 is 0 Å². The Morgan fingerprint density at radius 2 is 1.90 bits per heavy atom. The van der Waals surface area contributed by atoms with Gasteiger partial charge in [-0.3, -0.25) is 0 Å². The van der Waals surface area contributed by atoms with Crippen molar-refractivity contribution in [1.29, 1.82) is 0 Å². The maximum atomic E-state index is 6.03. The van der Waals surface area contributed by atoms with Crippen LogP contribution in [0, 0.1) is 0 Å². The van der Waals surface area contributed by atoms with E-state index in [-0.39, 0.29) is 0 Å². The molecule has 2 heteroatoms. The third kappa shape index (κ3) is 5.16. The van der Waals surface area contributed by atoms with Crippen molar-refractivity contribution in [1.82, 2.24) is 0 Å². The predicted octanol–water partition coefficient (Wildman–Crippen LogP) is 4.66. The fourth-order valence-electron chi connectivity index (χ4n) is 2.50. The molecule has 1 aromatic carbocycles. The van der Waals surface area contributed by atoms with Crippen molar-refractivity contribution in [2.24, 2.45) is 5.73 Å². The number of ether oxygens (including phenoxy) is 1. The number of hydrogen-bond acceptors (Lipinski definition) is 2. The van der Waals surface area contributed by atoms with Crippen LogP contribution in [0.1, 0.15) is 70.4 Å². The highest BCUT2D eigenvalue weighted by Gasteiger charge is 2.12. The van der Waals surface area contributed by atoms with Gasteiger partial charge in [0.25, 0.3) is 0 Å². The van der Waals surface area contributed by atoms with Crippen LogP contribution in [0.2, 0.25) is 0 Å². The molecule has 2 N–H and O–H groups in total. The second kappa shape index (κ2) is 9.02. The van der Waals surface area contributed by atoms with Gasteiger partial charge in [-0.1, -0.05) is 33.8 Å². The largest absolute Gasteiger partial charge is 0.494 e. The van der Waals surface area contributed by atoms with Gasteiger partial charge >= 0.3 is 0 Å². The highest BCUT2D eigenvalue weighted by Crippen LogP contribution is 2.28. The van der Waals surface area contributed by atoms with Crippen LogP contribution in [0.5, 0.6) is 5.75 Å². The third-order valence-corrected chi connectivity index (χ3v) is 3.99. The molecule has 0 saturated heterocycles. The second-order valence-corrected chi connectivity index (χ2v) is 5.71. The smallest absolute Gasteiger partial charge is 0.119 e. The summed E-state index contributed by atoms with van der Waals surface area (Å²) in [6.45, 7) is 9.61. The molecule has 0 aromatic heterocycles. The lowest BCUT2D eigenvalue weighted by molar-refractivity contribution is 0.317. The van der Waals surface area contributed by atoms with Gasteiger partial charge in [0.15, 0.2) is 0 Å². The number of aryl methyl sites for hydroxylation is 1. The van der Waals surface area contributed by atoms with E-state index in [4.69, 9.17) is 10.5 Å². The van der Waals surface area contributed by atoms with Gasteiger partial charge in [-0.25, -0.2) is 0 Å². The molecule has 0 heterocycles. The SMILES string of the molecule is CCCOc1ccc(C(C)CCC(N)CC)c(CC)c1. The Labute approximate surface area is 124 Å². The third-order valence-electron chi connectivity index (χ3n) is 3.99. The topological polar surface area (TPSA) is 35.2 Å². The van der Waals surface area contributed by atoms with Crippen LogP contribution in [0.15, 0.2) is 18.2 Å². The Kier molecular flexibility index (Phi) is 7.68. The van der Waals surface area contributed by atoms with E-state index in [1.165, 1.54) is 11.1 Å². The van der Waals surface area contributed by atoms with E-state index in [9.17, 15) is 0 Å². The minimum Gasteiger partial charge on any atom is -0.494 e. The zero-order valence-corrected chi connectivity index (χ0v) is 13.6. The van der Waals surface area contributed by atoms with Crippen molar-refractivity contribution in [3.63, 3.8) is 0 Å². The summed E-state index contributed by atoms with van der Waals surface area (Å²) in [7, 11) is 0. The van der Waals surface area contributed by atoms with Crippen LogP contribution in [-0.4, -0.2) is 12.6 Å². The molecule has 2 atom stereocenters. The minimum absolute atomic E-state index is 0.342. The fraction of sp³-hybridized carbons (Fsp3) is 0.667. The van der Waals surface area contributed by atoms with Gasteiger partial charge in [0.05, 0.1) is 6.61 Å². The van der Waals surface area contributed by atoms with Gasteiger partial charge in [-0.05, 0) is 61.3 Å². The van der Waals surface area contributed by atoms with Crippen LogP contribution < -0.4 is 10.5 Å². The molecule has 0 radical (unpaired) electrons. The summed E-state index contributed by atoms with van der Waals surface area (Å²) in [6.07, 6.45) is 5.45. The standard InChI is InChI=1S/C18H31NO/c1-5-12-20-17-10-11-18(15(6-2)13-17)14(4)8-9-16(19)7-3/h10-11,13-14,16H,5-9,12,19H2,1-4H3. The molecule has 0 aliphatic heterocycles. The second-order valence-electron chi connectivity index (χ2n) is 5.71. The zero-order valence-electron chi connectivity index (χ0n) is 13.6. The van der Waals surface area contributed by atoms with Gasteiger partial charge in [0, 0.05) is 6.04 Å². The molecule has 0 spiro atoms. The lowest BCUT2D eigenvalue weighted by atomic mass is 9.89. The molecular weight excluding hydrogens is 246 g/mol. The van der Waals surface area contributed by atoms with Gasteiger partial charge < -0.3 is 10.5 Å². The normalized spacial score (nSPS) is 14.1. The van der Waals surface area contributed by atoms with Gasteiger partial charge in [-0.2, -0.15) is 0 Å². The summed E-state index contributed by atoms with van der Waals surface area (Å²) in [4.78, 5) is 0. The van der Waals surface area contributed by atoms with Crippen molar-refractivity contribution in [3.05, 3.63) is 29.3 Å². The number of nitrogens with two attached hydrogens (primary N) is 1. The molecule has 0 aliphatic rings.